The van der Waals surface area contributed by atoms with Crippen LogP contribution in [0.3, 0.4) is 0 Å². The molecule has 1 rings (SSSR count). The van der Waals surface area contributed by atoms with E-state index < -0.39 is 12.0 Å². The number of halogens is 2. The van der Waals surface area contributed by atoms with Gasteiger partial charge in [-0.15, -0.1) is 12.4 Å². The summed E-state index contributed by atoms with van der Waals surface area (Å²) >= 11 is 3.29. The van der Waals surface area contributed by atoms with Crippen LogP contribution in [0.15, 0.2) is 28.7 Å². The molecule has 0 heterocycles. The molecule has 0 saturated carbocycles. The van der Waals surface area contributed by atoms with Crippen molar-refractivity contribution in [1.29, 1.82) is 0 Å². The number of aliphatic carboxylic acids is 1. The second-order valence-electron chi connectivity index (χ2n) is 2.76. The van der Waals surface area contributed by atoms with Crippen molar-refractivity contribution in [2.45, 2.75) is 12.5 Å². The molecule has 0 radical (unpaired) electrons. The summed E-state index contributed by atoms with van der Waals surface area (Å²) in [6.45, 7) is 0. The third-order valence-corrected chi connectivity index (χ3v) is 2.22. The molecule has 3 N–H and O–H groups in total. The smallest absolute Gasteiger partial charge is 0.305 e. The van der Waals surface area contributed by atoms with Gasteiger partial charge in [0.05, 0.1) is 6.42 Å². The predicted molar refractivity (Wildman–Crippen MR) is 60.6 cm³/mol. The van der Waals surface area contributed by atoms with E-state index in [4.69, 9.17) is 10.8 Å². The van der Waals surface area contributed by atoms with Gasteiger partial charge >= 0.3 is 5.97 Å². The Kier molecular flexibility index (Phi) is 5.76. The maximum atomic E-state index is 10.4. The van der Waals surface area contributed by atoms with Crippen LogP contribution in [0.5, 0.6) is 0 Å². The summed E-state index contributed by atoms with van der Waals surface area (Å²) in [4.78, 5) is 10.4. The summed E-state index contributed by atoms with van der Waals surface area (Å²) in [5.74, 6) is -0.879. The van der Waals surface area contributed by atoms with Crippen LogP contribution in [-0.2, 0) is 4.79 Å². The molecule has 0 amide bonds. The topological polar surface area (TPSA) is 63.3 Å². The molecule has 1 atom stereocenters. The van der Waals surface area contributed by atoms with E-state index in [1.165, 1.54) is 0 Å². The number of carboxylic acid groups (broad SMARTS) is 1. The van der Waals surface area contributed by atoms with Crippen LogP contribution < -0.4 is 5.73 Å². The number of nitrogens with two attached hydrogens (primary N) is 1. The lowest BCUT2D eigenvalue weighted by Gasteiger charge is -2.08. The lowest BCUT2D eigenvalue weighted by molar-refractivity contribution is -0.137. The van der Waals surface area contributed by atoms with Gasteiger partial charge in [-0.1, -0.05) is 28.1 Å². The van der Waals surface area contributed by atoms with Gasteiger partial charge in [-0.25, -0.2) is 0 Å². The zero-order valence-electron chi connectivity index (χ0n) is 7.31. The van der Waals surface area contributed by atoms with Gasteiger partial charge in [-0.2, -0.15) is 0 Å². The van der Waals surface area contributed by atoms with Crippen LogP contribution in [0.25, 0.3) is 0 Å². The fourth-order valence-electron chi connectivity index (χ4n) is 1.02. The summed E-state index contributed by atoms with van der Waals surface area (Å²) in [6, 6.07) is 6.90. The van der Waals surface area contributed by atoms with Gasteiger partial charge < -0.3 is 10.8 Å². The van der Waals surface area contributed by atoms with E-state index in [2.05, 4.69) is 15.9 Å². The van der Waals surface area contributed by atoms with E-state index in [-0.39, 0.29) is 18.8 Å². The van der Waals surface area contributed by atoms with Crippen molar-refractivity contribution < 1.29 is 9.90 Å². The van der Waals surface area contributed by atoms with Crippen molar-refractivity contribution in [2.75, 3.05) is 0 Å². The number of carbonyl (C=O) groups is 1. The molecule has 0 aromatic heterocycles. The largest absolute Gasteiger partial charge is 0.481 e. The Labute approximate surface area is 96.8 Å². The molecule has 0 spiro atoms. The first-order chi connectivity index (χ1) is 6.09. The quantitative estimate of drug-likeness (QED) is 0.893. The highest BCUT2D eigenvalue weighted by Gasteiger charge is 2.09. The molecule has 0 saturated heterocycles. The first kappa shape index (κ1) is 13.4. The Morgan fingerprint density at radius 2 is 1.93 bits per heavy atom. The number of rotatable bonds is 3. The van der Waals surface area contributed by atoms with E-state index in [0.717, 1.165) is 10.0 Å². The third kappa shape index (κ3) is 4.09. The second kappa shape index (κ2) is 6.01. The van der Waals surface area contributed by atoms with Gasteiger partial charge in [-0.05, 0) is 17.7 Å². The maximum absolute atomic E-state index is 10.4. The Morgan fingerprint density at radius 3 is 2.36 bits per heavy atom. The summed E-state index contributed by atoms with van der Waals surface area (Å²) < 4.78 is 0.957. The van der Waals surface area contributed by atoms with Gasteiger partial charge in [0.2, 0.25) is 0 Å². The molecule has 3 nitrogen and oxygen atoms in total. The first-order valence-electron chi connectivity index (χ1n) is 3.82. The minimum atomic E-state index is -0.879. The molecule has 0 aliphatic rings. The molecule has 1 aromatic carbocycles. The number of carboxylic acids is 1. The van der Waals surface area contributed by atoms with Crippen LogP contribution >= 0.6 is 28.3 Å². The lowest BCUT2D eigenvalue weighted by Crippen LogP contribution is -2.14. The molecule has 0 bridgehead atoms. The fraction of sp³-hybridized carbons (Fsp3) is 0.222. The van der Waals surface area contributed by atoms with Crippen LogP contribution in [0.4, 0.5) is 0 Å². The maximum Gasteiger partial charge on any atom is 0.305 e. The van der Waals surface area contributed by atoms with Crippen LogP contribution in [0.2, 0.25) is 0 Å². The molecule has 0 fully saturated rings. The average molecular weight is 281 g/mol. The summed E-state index contributed by atoms with van der Waals surface area (Å²) in [6.07, 6.45) is -0.0400. The Morgan fingerprint density at radius 1 is 1.43 bits per heavy atom. The van der Waals surface area contributed by atoms with Gasteiger partial charge in [0.1, 0.15) is 0 Å². The van der Waals surface area contributed by atoms with Crippen LogP contribution in [0, 0.1) is 0 Å². The zero-order chi connectivity index (χ0) is 9.84. The van der Waals surface area contributed by atoms with E-state index in [1.807, 2.05) is 24.3 Å². The van der Waals surface area contributed by atoms with Gasteiger partial charge in [0.25, 0.3) is 0 Å². The minimum absolute atomic E-state index is 0. The first-order valence-corrected chi connectivity index (χ1v) is 4.61. The number of benzene rings is 1. The monoisotopic (exact) mass is 279 g/mol. The van der Waals surface area contributed by atoms with Crippen molar-refractivity contribution in [3.05, 3.63) is 34.3 Å². The molecule has 14 heavy (non-hydrogen) atoms. The fourth-order valence-corrected chi connectivity index (χ4v) is 1.28. The molecule has 78 valence electrons. The van der Waals surface area contributed by atoms with Gasteiger partial charge in [0, 0.05) is 10.5 Å². The molecule has 5 heteroatoms. The highest BCUT2D eigenvalue weighted by Crippen LogP contribution is 2.17. The van der Waals surface area contributed by atoms with E-state index >= 15 is 0 Å². The predicted octanol–water partition coefficient (Wildman–Crippen LogP) is 2.35. The van der Waals surface area contributed by atoms with Crippen LogP contribution in [0.1, 0.15) is 18.0 Å². The van der Waals surface area contributed by atoms with Crippen molar-refractivity contribution in [3.63, 3.8) is 0 Å². The average Bonchev–Trinajstić information content (AvgIpc) is 2.04. The normalized spacial score (nSPS) is 11.6. The highest BCUT2D eigenvalue weighted by molar-refractivity contribution is 9.10. The summed E-state index contributed by atoms with van der Waals surface area (Å²) in [5, 5.41) is 8.51. The molecule has 0 aliphatic heterocycles. The van der Waals surface area contributed by atoms with Gasteiger partial charge in [-0.3, -0.25) is 4.79 Å². The van der Waals surface area contributed by atoms with E-state index in [1.54, 1.807) is 0 Å². The van der Waals surface area contributed by atoms with Crippen molar-refractivity contribution in [2.24, 2.45) is 5.73 Å². The minimum Gasteiger partial charge on any atom is -0.481 e. The Balaban J connectivity index is 0.00000169. The standard InChI is InChI=1S/C9H10BrNO2.ClH/c10-7-3-1-6(2-4-7)8(11)5-9(12)13;/h1-4,8H,5,11H2,(H,12,13);1H/t8-;/m1./s1. The highest BCUT2D eigenvalue weighted by atomic mass is 79.9. The molecule has 0 aliphatic carbocycles. The Hall–Kier alpha value is -0.580. The second-order valence-corrected chi connectivity index (χ2v) is 3.67. The van der Waals surface area contributed by atoms with E-state index in [0.29, 0.717) is 0 Å². The summed E-state index contributed by atoms with van der Waals surface area (Å²) in [5.41, 5.74) is 6.49. The van der Waals surface area contributed by atoms with Crippen LogP contribution in [-0.4, -0.2) is 11.1 Å². The zero-order valence-corrected chi connectivity index (χ0v) is 9.72. The van der Waals surface area contributed by atoms with Gasteiger partial charge in [0.15, 0.2) is 0 Å². The van der Waals surface area contributed by atoms with Crippen molar-refractivity contribution >= 4 is 34.3 Å². The molecule has 1 aromatic rings. The molecular weight excluding hydrogens is 269 g/mol. The number of hydrogen-bond donors (Lipinski definition) is 2. The van der Waals surface area contributed by atoms with Crippen molar-refractivity contribution in [3.8, 4) is 0 Å². The molecule has 0 unspecified atom stereocenters. The molecular formula is C9H11BrClNO2. The Bertz CT molecular complexity index is 302. The SMILES string of the molecule is Cl.N[C@H](CC(=O)O)c1ccc(Br)cc1. The summed E-state index contributed by atoms with van der Waals surface area (Å²) in [7, 11) is 0. The third-order valence-electron chi connectivity index (χ3n) is 1.69. The van der Waals surface area contributed by atoms with E-state index in [9.17, 15) is 4.79 Å². The van der Waals surface area contributed by atoms with Crippen molar-refractivity contribution in [1.82, 2.24) is 0 Å². The number of hydrogen-bond acceptors (Lipinski definition) is 2. The lowest BCUT2D eigenvalue weighted by atomic mass is 10.1.